The number of pyridine rings is 3. The Kier molecular flexibility index (Phi) is 4.96. The first-order chi connectivity index (χ1) is 14.7. The van der Waals surface area contributed by atoms with E-state index < -0.39 is 0 Å². The highest BCUT2D eigenvalue weighted by molar-refractivity contribution is 5.92. The Morgan fingerprint density at radius 3 is 2.83 bits per heavy atom. The molecule has 4 aromatic rings. The average molecular weight is 403 g/mol. The fraction of sp³-hybridized carbons (Fsp3) is 0.348. The Balaban J connectivity index is 1.36. The van der Waals surface area contributed by atoms with Crippen LogP contribution >= 0.6 is 0 Å². The molecule has 0 aliphatic heterocycles. The third-order valence-electron chi connectivity index (χ3n) is 6.05. The highest BCUT2D eigenvalue weighted by atomic mass is 16.1. The van der Waals surface area contributed by atoms with Crippen LogP contribution in [0.15, 0.2) is 54.0 Å². The van der Waals surface area contributed by atoms with E-state index in [1.807, 2.05) is 36.0 Å². The summed E-state index contributed by atoms with van der Waals surface area (Å²) in [5, 5.41) is 8.13. The van der Waals surface area contributed by atoms with E-state index in [1.54, 1.807) is 17.0 Å². The molecule has 0 saturated heterocycles. The van der Waals surface area contributed by atoms with Gasteiger partial charge in [0.2, 0.25) is 0 Å². The molecule has 1 saturated carbocycles. The van der Waals surface area contributed by atoms with Gasteiger partial charge in [0, 0.05) is 43.8 Å². The molecule has 0 aromatic carbocycles. The fourth-order valence-electron chi connectivity index (χ4n) is 4.09. The zero-order valence-electron chi connectivity index (χ0n) is 17.1. The predicted molar refractivity (Wildman–Crippen MR) is 119 cm³/mol. The average Bonchev–Trinajstić information content (AvgIpc) is 3.13. The molecular formula is C23H26N6O. The molecule has 0 radical (unpaired) electrons. The lowest BCUT2D eigenvalue weighted by atomic mass is 9.85. The van der Waals surface area contributed by atoms with Crippen molar-refractivity contribution in [1.29, 1.82) is 0 Å². The summed E-state index contributed by atoms with van der Waals surface area (Å²) in [5.74, 6) is 0.855. The number of imidazole rings is 1. The van der Waals surface area contributed by atoms with E-state index >= 15 is 0 Å². The number of aromatic nitrogens is 4. The van der Waals surface area contributed by atoms with Gasteiger partial charge in [-0.15, -0.1) is 0 Å². The molecule has 1 aliphatic carbocycles. The van der Waals surface area contributed by atoms with Crippen LogP contribution in [0.5, 0.6) is 0 Å². The second kappa shape index (κ2) is 7.91. The van der Waals surface area contributed by atoms with E-state index in [9.17, 15) is 4.79 Å². The second-order valence-electron chi connectivity index (χ2n) is 8.11. The quantitative estimate of drug-likeness (QED) is 0.497. The van der Waals surface area contributed by atoms with Crippen molar-refractivity contribution in [2.24, 2.45) is 5.92 Å². The predicted octanol–water partition coefficient (Wildman–Crippen LogP) is 3.02. The summed E-state index contributed by atoms with van der Waals surface area (Å²) in [7, 11) is 1.83. The van der Waals surface area contributed by atoms with Crippen molar-refractivity contribution in [2.75, 3.05) is 18.9 Å². The number of hydrogen-bond acceptors (Lipinski definition) is 5. The Bertz CT molecular complexity index is 1250. The molecule has 0 amide bonds. The molecule has 0 unspecified atom stereocenters. The van der Waals surface area contributed by atoms with Crippen LogP contribution in [0, 0.1) is 5.92 Å². The molecule has 4 heterocycles. The minimum absolute atomic E-state index is 0.0601. The second-order valence-corrected chi connectivity index (χ2v) is 8.11. The Morgan fingerprint density at radius 1 is 1.13 bits per heavy atom. The standard InChI is InChI=1S/C23H26N6O/c1-24-21-12-26-11-20-19(21)7-8-28(23(20)30)14-18-15-29-13-17(5-6-22(29)27-18)10-25-9-16-3-2-4-16/h5-8,11-13,15-16,24-25H,2-4,9-10,14H2,1H3. The molecule has 0 spiro atoms. The van der Waals surface area contributed by atoms with Crippen LogP contribution in [0.2, 0.25) is 0 Å². The minimum atomic E-state index is -0.0601. The van der Waals surface area contributed by atoms with E-state index in [0.717, 1.165) is 41.4 Å². The van der Waals surface area contributed by atoms with Crippen LogP contribution in [-0.2, 0) is 13.1 Å². The van der Waals surface area contributed by atoms with Crippen molar-refractivity contribution >= 4 is 22.1 Å². The highest BCUT2D eigenvalue weighted by Crippen LogP contribution is 2.25. The number of anilines is 1. The molecule has 1 aliphatic rings. The molecule has 7 heteroatoms. The summed E-state index contributed by atoms with van der Waals surface area (Å²) in [6.07, 6.45) is 13.4. The topological polar surface area (TPSA) is 76.2 Å². The first-order valence-corrected chi connectivity index (χ1v) is 10.5. The van der Waals surface area contributed by atoms with E-state index in [4.69, 9.17) is 0 Å². The van der Waals surface area contributed by atoms with Crippen LogP contribution in [0.1, 0.15) is 30.5 Å². The maximum Gasteiger partial charge on any atom is 0.260 e. The van der Waals surface area contributed by atoms with Crippen LogP contribution < -0.4 is 16.2 Å². The molecule has 154 valence electrons. The van der Waals surface area contributed by atoms with Crippen LogP contribution in [0.4, 0.5) is 5.69 Å². The number of nitrogens with one attached hydrogen (secondary N) is 2. The molecule has 2 N–H and O–H groups in total. The van der Waals surface area contributed by atoms with Crippen LogP contribution in [0.3, 0.4) is 0 Å². The van der Waals surface area contributed by atoms with Crippen molar-refractivity contribution < 1.29 is 0 Å². The fourth-order valence-corrected chi connectivity index (χ4v) is 4.09. The van der Waals surface area contributed by atoms with Gasteiger partial charge in [0.1, 0.15) is 5.65 Å². The van der Waals surface area contributed by atoms with Gasteiger partial charge in [-0.1, -0.05) is 12.5 Å². The Morgan fingerprint density at radius 2 is 2.03 bits per heavy atom. The number of nitrogens with zero attached hydrogens (tertiary/aromatic N) is 4. The summed E-state index contributed by atoms with van der Waals surface area (Å²) in [6.45, 7) is 2.39. The summed E-state index contributed by atoms with van der Waals surface area (Å²) in [5.41, 5.74) is 3.77. The van der Waals surface area contributed by atoms with Gasteiger partial charge in [0.15, 0.2) is 0 Å². The van der Waals surface area contributed by atoms with E-state index in [0.29, 0.717) is 11.9 Å². The Hall–Kier alpha value is -3.19. The van der Waals surface area contributed by atoms with Crippen molar-refractivity contribution in [3.63, 3.8) is 0 Å². The van der Waals surface area contributed by atoms with Crippen LogP contribution in [0.25, 0.3) is 16.4 Å². The molecule has 5 rings (SSSR count). The molecule has 30 heavy (non-hydrogen) atoms. The van der Waals surface area contributed by atoms with Gasteiger partial charge < -0.3 is 19.6 Å². The van der Waals surface area contributed by atoms with E-state index in [1.165, 1.54) is 24.8 Å². The van der Waals surface area contributed by atoms with Gasteiger partial charge in [0.25, 0.3) is 5.56 Å². The maximum absolute atomic E-state index is 12.9. The molecule has 0 bridgehead atoms. The first kappa shape index (κ1) is 18.8. The lowest BCUT2D eigenvalue weighted by Gasteiger charge is -2.25. The van der Waals surface area contributed by atoms with Crippen molar-refractivity contribution in [1.82, 2.24) is 24.3 Å². The summed E-state index contributed by atoms with van der Waals surface area (Å²) in [6, 6.07) is 6.11. The van der Waals surface area contributed by atoms with Gasteiger partial charge in [-0.3, -0.25) is 9.78 Å². The lowest BCUT2D eigenvalue weighted by molar-refractivity contribution is 0.301. The summed E-state index contributed by atoms with van der Waals surface area (Å²) >= 11 is 0. The van der Waals surface area contributed by atoms with E-state index in [-0.39, 0.29) is 5.56 Å². The first-order valence-electron chi connectivity index (χ1n) is 10.5. The largest absolute Gasteiger partial charge is 0.386 e. The number of hydrogen-bond donors (Lipinski definition) is 2. The zero-order valence-corrected chi connectivity index (χ0v) is 17.1. The van der Waals surface area contributed by atoms with Gasteiger partial charge in [-0.2, -0.15) is 0 Å². The Labute approximate surface area is 174 Å². The van der Waals surface area contributed by atoms with Gasteiger partial charge >= 0.3 is 0 Å². The van der Waals surface area contributed by atoms with Gasteiger partial charge in [-0.05, 0) is 43.0 Å². The van der Waals surface area contributed by atoms with Crippen LogP contribution in [-0.4, -0.2) is 32.5 Å². The third-order valence-corrected chi connectivity index (χ3v) is 6.05. The smallest absolute Gasteiger partial charge is 0.260 e. The molecule has 4 aromatic heterocycles. The molecule has 7 nitrogen and oxygen atoms in total. The number of rotatable bonds is 7. The monoisotopic (exact) mass is 402 g/mol. The van der Waals surface area contributed by atoms with Gasteiger partial charge in [0.05, 0.1) is 29.5 Å². The third kappa shape index (κ3) is 3.57. The summed E-state index contributed by atoms with van der Waals surface area (Å²) < 4.78 is 3.73. The molecular weight excluding hydrogens is 376 g/mol. The SMILES string of the molecule is CNc1cncc2c(=O)n(Cc3cn4cc(CNCC5CCC5)ccc4n3)ccc12. The van der Waals surface area contributed by atoms with Gasteiger partial charge in [-0.25, -0.2) is 4.98 Å². The van der Waals surface area contributed by atoms with Crippen molar-refractivity contribution in [2.45, 2.75) is 32.4 Å². The maximum atomic E-state index is 12.9. The molecule has 0 atom stereocenters. The number of fused-ring (bicyclic) bond motifs is 2. The van der Waals surface area contributed by atoms with E-state index in [2.05, 4.69) is 32.9 Å². The zero-order chi connectivity index (χ0) is 20.5. The normalized spacial score (nSPS) is 14.3. The molecule has 1 fully saturated rings. The minimum Gasteiger partial charge on any atom is -0.386 e. The summed E-state index contributed by atoms with van der Waals surface area (Å²) in [4.78, 5) is 21.8. The lowest BCUT2D eigenvalue weighted by Crippen LogP contribution is -2.26. The highest BCUT2D eigenvalue weighted by Gasteiger charge is 2.16. The van der Waals surface area contributed by atoms with Crippen molar-refractivity contribution in [3.05, 3.63) is 70.8 Å². The van der Waals surface area contributed by atoms with Crippen molar-refractivity contribution in [3.8, 4) is 0 Å².